The van der Waals surface area contributed by atoms with Crippen molar-refractivity contribution in [1.82, 2.24) is 15.3 Å². The number of aryl methyl sites for hydroxylation is 1. The maximum Gasteiger partial charge on any atom is 0.220 e. The summed E-state index contributed by atoms with van der Waals surface area (Å²) in [6.07, 6.45) is 8.18. The number of carbonyl (C=O) groups is 1. The van der Waals surface area contributed by atoms with E-state index in [4.69, 9.17) is 4.74 Å². The predicted octanol–water partition coefficient (Wildman–Crippen LogP) is 3.59. The highest BCUT2D eigenvalue weighted by Crippen LogP contribution is 2.32. The van der Waals surface area contributed by atoms with Crippen molar-refractivity contribution in [3.8, 4) is 17.0 Å². The molecule has 0 unspecified atom stereocenters. The summed E-state index contributed by atoms with van der Waals surface area (Å²) in [4.78, 5) is 20.6. The van der Waals surface area contributed by atoms with Gasteiger partial charge in [-0.1, -0.05) is 30.3 Å². The molecule has 1 aliphatic rings. The number of hydrogen-bond donors (Lipinski definition) is 1. The number of benzene rings is 2. The van der Waals surface area contributed by atoms with Gasteiger partial charge in [0.05, 0.1) is 18.4 Å². The minimum absolute atomic E-state index is 0.0230. The van der Waals surface area contributed by atoms with Crippen molar-refractivity contribution < 1.29 is 9.53 Å². The first-order valence-electron chi connectivity index (χ1n) is 9.64. The average Bonchev–Trinajstić information content (AvgIpc) is 3.16. The Balaban J connectivity index is 1.24. The van der Waals surface area contributed by atoms with Gasteiger partial charge in [0.1, 0.15) is 11.9 Å². The van der Waals surface area contributed by atoms with E-state index in [9.17, 15) is 4.79 Å². The number of rotatable bonds is 7. The van der Waals surface area contributed by atoms with E-state index in [1.807, 2.05) is 30.3 Å². The Morgan fingerprint density at radius 3 is 2.86 bits per heavy atom. The van der Waals surface area contributed by atoms with Crippen LogP contribution in [0.5, 0.6) is 5.75 Å². The van der Waals surface area contributed by atoms with E-state index < -0.39 is 0 Å². The molecule has 2 aromatic carbocycles. The summed E-state index contributed by atoms with van der Waals surface area (Å²) >= 11 is 0. The molecule has 4 rings (SSSR count). The van der Waals surface area contributed by atoms with Crippen LogP contribution < -0.4 is 10.1 Å². The summed E-state index contributed by atoms with van der Waals surface area (Å²) in [6, 6.07) is 16.3. The van der Waals surface area contributed by atoms with Gasteiger partial charge in [0.2, 0.25) is 5.91 Å². The standard InChI is InChI=1S/C23H23N3O2/c27-23(8-4-7-17-5-2-1-3-6-17)26-15-20-14-19-13-18(9-10-22(19)28-20)21-16-24-11-12-25-21/h1-3,5-6,9-13,16,20H,4,7-8,14-15H2,(H,26,27)/t20-/m0/s1. The fraction of sp³-hybridized carbons (Fsp3) is 0.261. The lowest BCUT2D eigenvalue weighted by molar-refractivity contribution is -0.121. The van der Waals surface area contributed by atoms with Crippen molar-refractivity contribution in [3.63, 3.8) is 0 Å². The first-order chi connectivity index (χ1) is 13.8. The van der Waals surface area contributed by atoms with Crippen LogP contribution in [0, 0.1) is 0 Å². The van der Waals surface area contributed by atoms with Gasteiger partial charge in [-0.05, 0) is 42.2 Å². The molecule has 1 aliphatic heterocycles. The lowest BCUT2D eigenvalue weighted by atomic mass is 10.0. The van der Waals surface area contributed by atoms with Crippen molar-refractivity contribution in [2.45, 2.75) is 31.8 Å². The van der Waals surface area contributed by atoms with E-state index in [1.165, 1.54) is 5.56 Å². The molecule has 1 atom stereocenters. The number of nitrogens with zero attached hydrogens (tertiary/aromatic N) is 2. The molecule has 3 aromatic rings. The summed E-state index contributed by atoms with van der Waals surface area (Å²) in [6.45, 7) is 0.527. The lowest BCUT2D eigenvalue weighted by Crippen LogP contribution is -2.34. The van der Waals surface area contributed by atoms with Gasteiger partial charge >= 0.3 is 0 Å². The Hall–Kier alpha value is -3.21. The number of nitrogens with one attached hydrogen (secondary N) is 1. The van der Waals surface area contributed by atoms with Crippen LogP contribution in [0.1, 0.15) is 24.0 Å². The lowest BCUT2D eigenvalue weighted by Gasteiger charge is -2.12. The zero-order valence-corrected chi connectivity index (χ0v) is 15.7. The van der Waals surface area contributed by atoms with Crippen LogP contribution in [0.25, 0.3) is 11.3 Å². The van der Waals surface area contributed by atoms with Gasteiger partial charge in [-0.3, -0.25) is 14.8 Å². The van der Waals surface area contributed by atoms with Crippen molar-refractivity contribution in [2.75, 3.05) is 6.54 Å². The Morgan fingerprint density at radius 1 is 1.14 bits per heavy atom. The molecule has 1 amide bonds. The molecule has 5 nitrogen and oxygen atoms in total. The zero-order valence-electron chi connectivity index (χ0n) is 15.7. The molecule has 0 fully saturated rings. The quantitative estimate of drug-likeness (QED) is 0.687. The summed E-state index contributed by atoms with van der Waals surface area (Å²) in [5, 5.41) is 3.01. The molecule has 1 N–H and O–H groups in total. The second-order valence-corrected chi connectivity index (χ2v) is 7.00. The highest BCUT2D eigenvalue weighted by molar-refractivity contribution is 5.75. The van der Waals surface area contributed by atoms with E-state index in [1.54, 1.807) is 18.6 Å². The molecule has 0 radical (unpaired) electrons. The van der Waals surface area contributed by atoms with Gasteiger partial charge in [0, 0.05) is 30.8 Å². The van der Waals surface area contributed by atoms with Gasteiger partial charge in [-0.2, -0.15) is 0 Å². The number of fused-ring (bicyclic) bond motifs is 1. The van der Waals surface area contributed by atoms with Crippen LogP contribution in [-0.2, 0) is 17.6 Å². The van der Waals surface area contributed by atoms with E-state index >= 15 is 0 Å². The molecule has 0 bridgehead atoms. The third kappa shape index (κ3) is 4.55. The van der Waals surface area contributed by atoms with Crippen LogP contribution in [0.4, 0.5) is 0 Å². The highest BCUT2D eigenvalue weighted by atomic mass is 16.5. The van der Waals surface area contributed by atoms with Gasteiger partial charge < -0.3 is 10.1 Å². The van der Waals surface area contributed by atoms with Crippen molar-refractivity contribution >= 4 is 5.91 Å². The van der Waals surface area contributed by atoms with Crippen LogP contribution in [-0.4, -0.2) is 28.5 Å². The first kappa shape index (κ1) is 18.2. The Morgan fingerprint density at radius 2 is 2.04 bits per heavy atom. The van der Waals surface area contributed by atoms with Gasteiger partial charge in [-0.15, -0.1) is 0 Å². The molecule has 5 heteroatoms. The minimum Gasteiger partial charge on any atom is -0.488 e. The molecule has 28 heavy (non-hydrogen) atoms. The third-order valence-electron chi connectivity index (χ3n) is 4.90. The number of ether oxygens (including phenoxy) is 1. The fourth-order valence-corrected chi connectivity index (χ4v) is 3.46. The maximum absolute atomic E-state index is 12.1. The van der Waals surface area contributed by atoms with E-state index in [0.717, 1.165) is 41.8 Å². The van der Waals surface area contributed by atoms with E-state index in [-0.39, 0.29) is 12.0 Å². The van der Waals surface area contributed by atoms with Crippen molar-refractivity contribution in [1.29, 1.82) is 0 Å². The van der Waals surface area contributed by atoms with Gasteiger partial charge in [-0.25, -0.2) is 0 Å². The first-order valence-corrected chi connectivity index (χ1v) is 9.64. The SMILES string of the molecule is O=C(CCCc1ccccc1)NC[C@@H]1Cc2cc(-c3cnccn3)ccc2O1. The second kappa shape index (κ2) is 8.65. The largest absolute Gasteiger partial charge is 0.488 e. The smallest absolute Gasteiger partial charge is 0.220 e. The minimum atomic E-state index is -0.0230. The van der Waals surface area contributed by atoms with Crippen LogP contribution in [0.2, 0.25) is 0 Å². The zero-order chi connectivity index (χ0) is 19.2. The molecular weight excluding hydrogens is 350 g/mol. The highest BCUT2D eigenvalue weighted by Gasteiger charge is 2.23. The Bertz CT molecular complexity index is 929. The van der Waals surface area contributed by atoms with E-state index in [2.05, 4.69) is 33.5 Å². The maximum atomic E-state index is 12.1. The predicted molar refractivity (Wildman–Crippen MR) is 108 cm³/mol. The number of carbonyl (C=O) groups excluding carboxylic acids is 1. The molecule has 0 saturated carbocycles. The van der Waals surface area contributed by atoms with Crippen molar-refractivity contribution in [2.24, 2.45) is 0 Å². The second-order valence-electron chi connectivity index (χ2n) is 7.00. The third-order valence-corrected chi connectivity index (χ3v) is 4.90. The molecule has 2 heterocycles. The normalized spacial score (nSPS) is 14.9. The Labute approximate surface area is 164 Å². The summed E-state index contributed by atoms with van der Waals surface area (Å²) in [5.41, 5.74) is 4.29. The number of amides is 1. The molecule has 0 saturated heterocycles. The van der Waals surface area contributed by atoms with Gasteiger partial charge in [0.15, 0.2) is 0 Å². The monoisotopic (exact) mass is 373 g/mol. The topological polar surface area (TPSA) is 64.1 Å². The summed E-state index contributed by atoms with van der Waals surface area (Å²) < 4.78 is 5.97. The number of hydrogen-bond acceptors (Lipinski definition) is 4. The molecule has 0 spiro atoms. The van der Waals surface area contributed by atoms with Crippen molar-refractivity contribution in [3.05, 3.63) is 78.2 Å². The molecule has 0 aliphatic carbocycles. The summed E-state index contributed by atoms with van der Waals surface area (Å²) in [5.74, 6) is 0.965. The Kier molecular flexibility index (Phi) is 5.61. The fourth-order valence-electron chi connectivity index (χ4n) is 3.46. The van der Waals surface area contributed by atoms with Crippen LogP contribution in [0.3, 0.4) is 0 Å². The summed E-state index contributed by atoms with van der Waals surface area (Å²) in [7, 11) is 0. The number of aromatic nitrogens is 2. The molecule has 142 valence electrons. The van der Waals surface area contributed by atoms with E-state index in [0.29, 0.717) is 13.0 Å². The molecular formula is C23H23N3O2. The molecule has 1 aromatic heterocycles. The average molecular weight is 373 g/mol. The van der Waals surface area contributed by atoms with Crippen LogP contribution >= 0.6 is 0 Å². The van der Waals surface area contributed by atoms with Crippen LogP contribution in [0.15, 0.2) is 67.1 Å². The van der Waals surface area contributed by atoms with Gasteiger partial charge in [0.25, 0.3) is 0 Å².